The van der Waals surface area contributed by atoms with E-state index in [4.69, 9.17) is 9.47 Å². The third-order valence-electron chi connectivity index (χ3n) is 4.53. The van der Waals surface area contributed by atoms with Gasteiger partial charge >= 0.3 is 5.97 Å². The number of ether oxygens (including phenoxy) is 2. The van der Waals surface area contributed by atoms with Gasteiger partial charge in [0.25, 0.3) is 0 Å². The predicted molar refractivity (Wildman–Crippen MR) is 106 cm³/mol. The number of nitrogens with one attached hydrogen (secondary N) is 1. The number of hydrogen-bond acceptors (Lipinski definition) is 5. The molecule has 1 N–H and O–H groups in total. The van der Waals surface area contributed by atoms with E-state index in [0.717, 1.165) is 41.8 Å². The van der Waals surface area contributed by atoms with Gasteiger partial charge in [0.15, 0.2) is 0 Å². The highest BCUT2D eigenvalue weighted by Crippen LogP contribution is 2.31. The van der Waals surface area contributed by atoms with Gasteiger partial charge < -0.3 is 19.7 Å². The summed E-state index contributed by atoms with van der Waals surface area (Å²) in [6, 6.07) is 13.3. The van der Waals surface area contributed by atoms with E-state index < -0.39 is 0 Å². The van der Waals surface area contributed by atoms with Crippen LogP contribution >= 0.6 is 15.9 Å². The quantitative estimate of drug-likeness (QED) is 0.722. The van der Waals surface area contributed by atoms with Crippen LogP contribution in [0.15, 0.2) is 46.9 Å². The van der Waals surface area contributed by atoms with Crippen molar-refractivity contribution in [1.29, 1.82) is 0 Å². The van der Waals surface area contributed by atoms with E-state index in [1.807, 2.05) is 18.2 Å². The average molecular weight is 419 g/mol. The lowest BCUT2D eigenvalue weighted by molar-refractivity contribution is 0.0600. The number of methoxy groups -OCH3 is 1. The first-order chi connectivity index (χ1) is 12.5. The normalized spacial score (nSPS) is 15.5. The van der Waals surface area contributed by atoms with Crippen LogP contribution in [0.2, 0.25) is 0 Å². The molecule has 0 radical (unpaired) electrons. The number of hydrogen-bond donors (Lipinski definition) is 1. The van der Waals surface area contributed by atoms with Crippen LogP contribution in [0.5, 0.6) is 11.5 Å². The van der Waals surface area contributed by atoms with Crippen molar-refractivity contribution in [3.63, 3.8) is 0 Å². The van der Waals surface area contributed by atoms with E-state index in [9.17, 15) is 4.79 Å². The van der Waals surface area contributed by atoms with Crippen LogP contribution in [0.4, 0.5) is 5.69 Å². The fraction of sp³-hybridized carbons (Fsp3) is 0.350. The first kappa shape index (κ1) is 18.7. The number of esters is 1. The Labute approximate surface area is 162 Å². The van der Waals surface area contributed by atoms with Crippen molar-refractivity contribution in [2.75, 3.05) is 32.6 Å². The van der Waals surface area contributed by atoms with Gasteiger partial charge in [-0.3, -0.25) is 0 Å². The van der Waals surface area contributed by atoms with E-state index in [0.29, 0.717) is 17.4 Å². The van der Waals surface area contributed by atoms with E-state index in [1.165, 1.54) is 7.11 Å². The highest BCUT2D eigenvalue weighted by atomic mass is 79.9. The van der Waals surface area contributed by atoms with Crippen molar-refractivity contribution < 1.29 is 14.3 Å². The zero-order chi connectivity index (χ0) is 18.5. The summed E-state index contributed by atoms with van der Waals surface area (Å²) in [5, 5.41) is 3.61. The maximum absolute atomic E-state index is 11.5. The Morgan fingerprint density at radius 1 is 1.12 bits per heavy atom. The number of carbonyl (C=O) groups is 1. The van der Waals surface area contributed by atoms with Crippen LogP contribution in [-0.4, -0.2) is 44.2 Å². The minimum Gasteiger partial charge on any atom is -0.465 e. The van der Waals surface area contributed by atoms with Gasteiger partial charge in [-0.15, -0.1) is 0 Å². The number of likely N-dealkylation sites (tertiary alicyclic amines) is 1. The highest BCUT2D eigenvalue weighted by molar-refractivity contribution is 9.10. The van der Waals surface area contributed by atoms with Gasteiger partial charge in [0.2, 0.25) is 0 Å². The molecule has 1 fully saturated rings. The van der Waals surface area contributed by atoms with E-state index in [2.05, 4.69) is 33.2 Å². The minimum atomic E-state index is -0.358. The number of benzene rings is 2. The van der Waals surface area contributed by atoms with Crippen molar-refractivity contribution in [2.24, 2.45) is 0 Å². The molecule has 0 atom stereocenters. The van der Waals surface area contributed by atoms with Crippen molar-refractivity contribution in [1.82, 2.24) is 4.90 Å². The van der Waals surface area contributed by atoms with Crippen LogP contribution in [0, 0.1) is 0 Å². The first-order valence-electron chi connectivity index (χ1n) is 8.66. The third-order valence-corrected chi connectivity index (χ3v) is 5.19. The molecule has 1 saturated heterocycles. The summed E-state index contributed by atoms with van der Waals surface area (Å²) < 4.78 is 11.5. The fourth-order valence-corrected chi connectivity index (χ4v) is 3.43. The van der Waals surface area contributed by atoms with Gasteiger partial charge in [-0.25, -0.2) is 4.79 Å². The second kappa shape index (κ2) is 8.56. The number of halogens is 1. The lowest BCUT2D eigenvalue weighted by atomic mass is 10.1. The van der Waals surface area contributed by atoms with Gasteiger partial charge in [-0.05, 0) is 91.4 Å². The van der Waals surface area contributed by atoms with Crippen molar-refractivity contribution in [3.8, 4) is 11.5 Å². The molecule has 0 aliphatic carbocycles. The molecule has 26 heavy (non-hydrogen) atoms. The third kappa shape index (κ3) is 4.77. The summed E-state index contributed by atoms with van der Waals surface area (Å²) in [7, 11) is 3.53. The first-order valence-corrected chi connectivity index (χ1v) is 9.45. The molecule has 0 saturated carbocycles. The maximum atomic E-state index is 11.5. The van der Waals surface area contributed by atoms with Gasteiger partial charge in [0, 0.05) is 16.2 Å². The molecule has 6 heteroatoms. The summed E-state index contributed by atoms with van der Waals surface area (Å²) in [5.74, 6) is 1.04. The van der Waals surface area contributed by atoms with E-state index in [-0.39, 0.29) is 5.97 Å². The Morgan fingerprint density at radius 2 is 1.77 bits per heavy atom. The van der Waals surface area contributed by atoms with E-state index >= 15 is 0 Å². The average Bonchev–Trinajstić information content (AvgIpc) is 2.65. The molecule has 0 amide bonds. The molecule has 1 aliphatic heterocycles. The SMILES string of the molecule is COC(=O)c1ccc(Oc2ccc(NC3CCN(C)CC3)c(Br)c2)cc1. The molecule has 1 aliphatic rings. The van der Waals surface area contributed by atoms with E-state index in [1.54, 1.807) is 24.3 Å². The summed E-state index contributed by atoms with van der Waals surface area (Å²) in [4.78, 5) is 13.8. The number of nitrogens with zero attached hydrogens (tertiary/aromatic N) is 1. The van der Waals surface area contributed by atoms with Crippen LogP contribution in [0.1, 0.15) is 23.2 Å². The summed E-state index contributed by atoms with van der Waals surface area (Å²) >= 11 is 3.63. The van der Waals surface area contributed by atoms with Gasteiger partial charge in [0.1, 0.15) is 11.5 Å². The number of carbonyl (C=O) groups excluding carboxylic acids is 1. The lowest BCUT2D eigenvalue weighted by Gasteiger charge is -2.30. The molecule has 0 spiro atoms. The van der Waals surface area contributed by atoms with Gasteiger partial charge in [-0.1, -0.05) is 0 Å². The van der Waals surface area contributed by atoms with Gasteiger partial charge in [-0.2, -0.15) is 0 Å². The summed E-state index contributed by atoms with van der Waals surface area (Å²) in [5.41, 5.74) is 1.58. The minimum absolute atomic E-state index is 0.358. The standard InChI is InChI=1S/C20H23BrN2O3/c1-23-11-9-15(10-12-23)22-19-8-7-17(13-18(19)21)26-16-5-3-14(4-6-16)20(24)25-2/h3-8,13,15,22H,9-12H2,1-2H3. The highest BCUT2D eigenvalue weighted by Gasteiger charge is 2.17. The van der Waals surface area contributed by atoms with Gasteiger partial charge in [0.05, 0.1) is 12.7 Å². The van der Waals surface area contributed by atoms with Crippen molar-refractivity contribution in [2.45, 2.75) is 18.9 Å². The second-order valence-electron chi connectivity index (χ2n) is 6.48. The topological polar surface area (TPSA) is 50.8 Å². The Bertz CT molecular complexity index is 756. The zero-order valence-electron chi connectivity index (χ0n) is 15.0. The van der Waals surface area contributed by atoms with Crippen LogP contribution in [0.25, 0.3) is 0 Å². The van der Waals surface area contributed by atoms with Crippen LogP contribution in [-0.2, 0) is 4.74 Å². The molecule has 0 aromatic heterocycles. The Kier molecular flexibility index (Phi) is 6.16. The molecule has 138 valence electrons. The van der Waals surface area contributed by atoms with Crippen LogP contribution in [0.3, 0.4) is 0 Å². The molecule has 0 unspecified atom stereocenters. The lowest BCUT2D eigenvalue weighted by Crippen LogP contribution is -2.36. The molecule has 3 rings (SSSR count). The molecular weight excluding hydrogens is 396 g/mol. The van der Waals surface area contributed by atoms with Crippen molar-refractivity contribution >= 4 is 27.6 Å². The molecule has 0 bridgehead atoms. The number of anilines is 1. The Hall–Kier alpha value is -2.05. The summed E-state index contributed by atoms with van der Waals surface area (Å²) in [6.45, 7) is 2.25. The predicted octanol–water partition coefficient (Wildman–Crippen LogP) is 4.53. The number of piperidine rings is 1. The Balaban J connectivity index is 1.63. The zero-order valence-corrected chi connectivity index (χ0v) is 16.6. The van der Waals surface area contributed by atoms with Crippen LogP contribution < -0.4 is 10.1 Å². The van der Waals surface area contributed by atoms with Crippen molar-refractivity contribution in [3.05, 3.63) is 52.5 Å². The number of rotatable bonds is 5. The summed E-state index contributed by atoms with van der Waals surface area (Å²) in [6.07, 6.45) is 2.29. The second-order valence-corrected chi connectivity index (χ2v) is 7.34. The molecule has 2 aromatic carbocycles. The fourth-order valence-electron chi connectivity index (χ4n) is 2.96. The Morgan fingerprint density at radius 3 is 2.38 bits per heavy atom. The molecular formula is C20H23BrN2O3. The smallest absolute Gasteiger partial charge is 0.337 e. The molecule has 2 aromatic rings. The molecule has 1 heterocycles. The monoisotopic (exact) mass is 418 g/mol. The largest absolute Gasteiger partial charge is 0.465 e. The maximum Gasteiger partial charge on any atom is 0.337 e. The molecule has 5 nitrogen and oxygen atoms in total.